The van der Waals surface area contributed by atoms with Crippen molar-refractivity contribution in [3.63, 3.8) is 0 Å². The van der Waals surface area contributed by atoms with E-state index in [1.165, 1.54) is 11.1 Å². The molecule has 7 heteroatoms. The van der Waals surface area contributed by atoms with E-state index < -0.39 is 0 Å². The zero-order valence-corrected chi connectivity index (χ0v) is 21.3. The van der Waals surface area contributed by atoms with Gasteiger partial charge in [-0.2, -0.15) is 5.10 Å². The Bertz CT molecular complexity index is 1080. The number of nitrogens with zero attached hydrogens (tertiary/aromatic N) is 3. The summed E-state index contributed by atoms with van der Waals surface area (Å²) < 4.78 is 25.6. The zero-order chi connectivity index (χ0) is 24.7. The number of piperidine rings is 1. The fourth-order valence-corrected chi connectivity index (χ4v) is 4.57. The van der Waals surface area contributed by atoms with E-state index in [0.717, 1.165) is 55.3 Å². The molecular formula is C28H37N3O4. The number of benzene rings is 2. The lowest BCUT2D eigenvalue weighted by Crippen LogP contribution is -2.48. The zero-order valence-electron chi connectivity index (χ0n) is 21.3. The lowest BCUT2D eigenvalue weighted by molar-refractivity contribution is -0.0840. The highest BCUT2D eigenvalue weighted by atomic mass is 16.5. The third kappa shape index (κ3) is 6.55. The van der Waals surface area contributed by atoms with E-state index in [1.807, 2.05) is 23.0 Å². The highest BCUT2D eigenvalue weighted by Gasteiger charge is 2.35. The van der Waals surface area contributed by atoms with Gasteiger partial charge in [0.05, 0.1) is 13.7 Å². The summed E-state index contributed by atoms with van der Waals surface area (Å²) in [6.07, 6.45) is 5.56. The minimum absolute atomic E-state index is 0.252. The molecule has 0 spiro atoms. The fourth-order valence-electron chi connectivity index (χ4n) is 4.57. The second-order valence-electron chi connectivity index (χ2n) is 9.32. The highest BCUT2D eigenvalue weighted by Crippen LogP contribution is 2.31. The Balaban J connectivity index is 1.29. The lowest BCUT2D eigenvalue weighted by atomic mass is 9.91. The average molecular weight is 480 g/mol. The van der Waals surface area contributed by atoms with E-state index >= 15 is 0 Å². The predicted molar refractivity (Wildman–Crippen MR) is 136 cm³/mol. The number of hydrogen-bond donors (Lipinski definition) is 0. The summed E-state index contributed by atoms with van der Waals surface area (Å²) in [5.41, 5.74) is 3.36. The van der Waals surface area contributed by atoms with Crippen LogP contribution >= 0.6 is 0 Å². The van der Waals surface area contributed by atoms with Crippen molar-refractivity contribution in [2.75, 3.05) is 40.5 Å². The second kappa shape index (κ2) is 11.6. The van der Waals surface area contributed by atoms with Gasteiger partial charge in [0.1, 0.15) is 24.6 Å². The minimum atomic E-state index is -0.252. The number of aromatic nitrogens is 2. The molecular weight excluding hydrogens is 442 g/mol. The van der Waals surface area contributed by atoms with Crippen LogP contribution in [0.4, 0.5) is 0 Å². The van der Waals surface area contributed by atoms with Crippen LogP contribution in [-0.4, -0.2) is 60.8 Å². The molecule has 1 aliphatic heterocycles. The monoisotopic (exact) mass is 479 g/mol. The third-order valence-corrected chi connectivity index (χ3v) is 6.79. The standard InChI is InChI=1S/C28H37N3O4/c1-22-6-8-25(23(2)18-22)35-21-28(33-4)10-14-30(15-11-28)20-24-7-9-26(27(19-24)32-3)34-17-16-31-13-5-12-29-31/h5-9,12-13,18-19H,10-11,14-17,20-21H2,1-4H3. The number of ether oxygens (including phenoxy) is 4. The van der Waals surface area contributed by atoms with E-state index in [1.54, 1.807) is 20.4 Å². The van der Waals surface area contributed by atoms with Crippen molar-refractivity contribution >= 4 is 0 Å². The Morgan fingerprint density at radius 1 is 0.943 bits per heavy atom. The van der Waals surface area contributed by atoms with Crippen molar-refractivity contribution in [1.82, 2.24) is 14.7 Å². The van der Waals surface area contributed by atoms with Gasteiger partial charge in [-0.05, 0) is 62.1 Å². The first-order chi connectivity index (χ1) is 17.0. The third-order valence-electron chi connectivity index (χ3n) is 6.79. The number of aryl methyl sites for hydroxylation is 2. The molecule has 0 bridgehead atoms. The summed E-state index contributed by atoms with van der Waals surface area (Å²) in [4.78, 5) is 2.46. The molecule has 0 aliphatic carbocycles. The van der Waals surface area contributed by atoms with Crippen LogP contribution in [-0.2, 0) is 17.8 Å². The molecule has 1 aliphatic rings. The number of hydrogen-bond acceptors (Lipinski definition) is 6. The maximum absolute atomic E-state index is 6.20. The molecule has 7 nitrogen and oxygen atoms in total. The summed E-state index contributed by atoms with van der Waals surface area (Å²) in [5, 5.41) is 4.20. The number of rotatable bonds is 11. The van der Waals surface area contributed by atoms with Crippen molar-refractivity contribution in [2.24, 2.45) is 0 Å². The smallest absolute Gasteiger partial charge is 0.161 e. The molecule has 2 aromatic carbocycles. The van der Waals surface area contributed by atoms with Crippen LogP contribution in [0.3, 0.4) is 0 Å². The molecule has 4 rings (SSSR count). The van der Waals surface area contributed by atoms with Crippen LogP contribution in [0.5, 0.6) is 17.2 Å². The van der Waals surface area contributed by atoms with Gasteiger partial charge in [0.2, 0.25) is 0 Å². The SMILES string of the molecule is COc1cc(CN2CCC(COc3ccc(C)cc3C)(OC)CC2)ccc1OCCn1cccn1. The first kappa shape index (κ1) is 25.1. The molecule has 1 saturated heterocycles. The molecule has 1 fully saturated rings. The van der Waals surface area contributed by atoms with Crippen LogP contribution in [0.1, 0.15) is 29.5 Å². The fraction of sp³-hybridized carbons (Fsp3) is 0.464. The molecule has 3 aromatic rings. The van der Waals surface area contributed by atoms with Gasteiger partial charge in [0.15, 0.2) is 11.5 Å². The summed E-state index contributed by atoms with van der Waals surface area (Å²) >= 11 is 0. The van der Waals surface area contributed by atoms with Crippen LogP contribution in [0.15, 0.2) is 54.9 Å². The topological polar surface area (TPSA) is 58.0 Å². The van der Waals surface area contributed by atoms with Crippen molar-refractivity contribution in [2.45, 2.75) is 45.4 Å². The van der Waals surface area contributed by atoms with E-state index in [0.29, 0.717) is 19.8 Å². The van der Waals surface area contributed by atoms with Crippen LogP contribution < -0.4 is 14.2 Å². The summed E-state index contributed by atoms with van der Waals surface area (Å²) in [6, 6.07) is 14.4. The van der Waals surface area contributed by atoms with Crippen LogP contribution in [0, 0.1) is 13.8 Å². The minimum Gasteiger partial charge on any atom is -0.493 e. The summed E-state index contributed by atoms with van der Waals surface area (Å²) in [5.74, 6) is 2.45. The molecule has 188 valence electrons. The maximum Gasteiger partial charge on any atom is 0.161 e. The van der Waals surface area contributed by atoms with Gasteiger partial charge in [-0.1, -0.05) is 23.8 Å². The van der Waals surface area contributed by atoms with Crippen LogP contribution in [0.2, 0.25) is 0 Å². The van der Waals surface area contributed by atoms with Gasteiger partial charge in [-0.3, -0.25) is 9.58 Å². The summed E-state index contributed by atoms with van der Waals surface area (Å²) in [7, 11) is 3.49. The number of methoxy groups -OCH3 is 2. The first-order valence-corrected chi connectivity index (χ1v) is 12.2. The molecule has 2 heterocycles. The van der Waals surface area contributed by atoms with Gasteiger partial charge in [0.25, 0.3) is 0 Å². The van der Waals surface area contributed by atoms with Gasteiger partial charge in [-0.15, -0.1) is 0 Å². The first-order valence-electron chi connectivity index (χ1n) is 12.2. The van der Waals surface area contributed by atoms with Gasteiger partial charge >= 0.3 is 0 Å². The largest absolute Gasteiger partial charge is 0.493 e. The highest BCUT2D eigenvalue weighted by molar-refractivity contribution is 5.43. The average Bonchev–Trinajstić information content (AvgIpc) is 3.39. The molecule has 0 unspecified atom stereocenters. The van der Waals surface area contributed by atoms with Crippen molar-refractivity contribution in [3.8, 4) is 17.2 Å². The van der Waals surface area contributed by atoms with E-state index in [2.05, 4.69) is 54.2 Å². The Morgan fingerprint density at radius 3 is 2.43 bits per heavy atom. The maximum atomic E-state index is 6.20. The van der Waals surface area contributed by atoms with E-state index in [-0.39, 0.29) is 5.60 Å². The molecule has 0 radical (unpaired) electrons. The quantitative estimate of drug-likeness (QED) is 0.399. The van der Waals surface area contributed by atoms with Gasteiger partial charge < -0.3 is 18.9 Å². The van der Waals surface area contributed by atoms with Crippen molar-refractivity contribution in [1.29, 1.82) is 0 Å². The second-order valence-corrected chi connectivity index (χ2v) is 9.32. The molecule has 0 amide bonds. The van der Waals surface area contributed by atoms with Crippen molar-refractivity contribution in [3.05, 3.63) is 71.5 Å². The molecule has 0 atom stereocenters. The van der Waals surface area contributed by atoms with Crippen molar-refractivity contribution < 1.29 is 18.9 Å². The van der Waals surface area contributed by atoms with Gasteiger partial charge in [-0.25, -0.2) is 0 Å². The Morgan fingerprint density at radius 2 is 1.74 bits per heavy atom. The molecule has 0 saturated carbocycles. The molecule has 35 heavy (non-hydrogen) atoms. The van der Waals surface area contributed by atoms with E-state index in [4.69, 9.17) is 18.9 Å². The summed E-state index contributed by atoms with van der Waals surface area (Å²) in [6.45, 7) is 8.76. The lowest BCUT2D eigenvalue weighted by Gasteiger charge is -2.40. The predicted octanol–water partition coefficient (Wildman–Crippen LogP) is 4.65. The Labute approximate surface area is 208 Å². The normalized spacial score (nSPS) is 15.7. The van der Waals surface area contributed by atoms with Crippen LogP contribution in [0.25, 0.3) is 0 Å². The Kier molecular flexibility index (Phi) is 8.31. The number of likely N-dealkylation sites (tertiary alicyclic amines) is 1. The van der Waals surface area contributed by atoms with E-state index in [9.17, 15) is 0 Å². The van der Waals surface area contributed by atoms with Gasteiger partial charge in [0, 0.05) is 39.1 Å². The Hall–Kier alpha value is -3.03. The molecule has 0 N–H and O–H groups in total. The molecule has 1 aromatic heterocycles.